The molecule has 2 aliphatic rings. The lowest BCUT2D eigenvalue weighted by Gasteiger charge is -2.24. The summed E-state index contributed by atoms with van der Waals surface area (Å²) in [4.78, 5) is 45.2. The molecule has 214 valence electrons. The third kappa shape index (κ3) is 6.79. The van der Waals surface area contributed by atoms with Gasteiger partial charge in [0.05, 0.1) is 30.5 Å². The van der Waals surface area contributed by atoms with Gasteiger partial charge in [-0.2, -0.15) is 0 Å². The van der Waals surface area contributed by atoms with Gasteiger partial charge in [0.1, 0.15) is 0 Å². The summed E-state index contributed by atoms with van der Waals surface area (Å²) in [5, 5.41) is 9.64. The van der Waals surface area contributed by atoms with Crippen molar-refractivity contribution < 1.29 is 19.1 Å². The zero-order valence-corrected chi connectivity index (χ0v) is 23.9. The highest BCUT2D eigenvalue weighted by Gasteiger charge is 2.31. The van der Waals surface area contributed by atoms with Gasteiger partial charge in [-0.05, 0) is 67.3 Å². The molecule has 0 radical (unpaired) electrons. The molecule has 3 atom stereocenters. The van der Waals surface area contributed by atoms with E-state index in [1.165, 1.54) is 7.11 Å². The minimum atomic E-state index is -0.597. The molecule has 0 spiro atoms. The van der Waals surface area contributed by atoms with Crippen LogP contribution in [0.1, 0.15) is 44.3 Å². The van der Waals surface area contributed by atoms with E-state index in [1.807, 2.05) is 49.4 Å². The van der Waals surface area contributed by atoms with Crippen molar-refractivity contribution in [3.8, 4) is 11.1 Å². The molecule has 2 bridgehead atoms. The lowest BCUT2D eigenvalue weighted by Crippen LogP contribution is -2.36. The lowest BCUT2D eigenvalue weighted by atomic mass is 9.95. The first-order chi connectivity index (χ1) is 19.8. The highest BCUT2D eigenvalue weighted by atomic mass is 35.5. The summed E-state index contributed by atoms with van der Waals surface area (Å²) in [6, 6.07) is 16.6. The van der Waals surface area contributed by atoms with E-state index in [0.717, 1.165) is 41.9 Å². The molecule has 5 rings (SSSR count). The number of fused-ring (bicyclic) bond motifs is 4. The Labute approximate surface area is 244 Å². The van der Waals surface area contributed by atoms with E-state index in [1.54, 1.807) is 18.3 Å². The summed E-state index contributed by atoms with van der Waals surface area (Å²) in [6.07, 6.45) is 3.94. The van der Waals surface area contributed by atoms with Crippen LogP contribution in [0.3, 0.4) is 0 Å². The summed E-state index contributed by atoms with van der Waals surface area (Å²) in [7, 11) is 1.29. The van der Waals surface area contributed by atoms with Crippen molar-refractivity contribution in [1.29, 1.82) is 0 Å². The highest BCUT2D eigenvalue weighted by molar-refractivity contribution is 6.30. The summed E-state index contributed by atoms with van der Waals surface area (Å²) in [5.74, 6) is -0.500. The first-order valence-corrected chi connectivity index (χ1v) is 14.3. The minimum Gasteiger partial charge on any atom is -0.453 e. The minimum absolute atomic E-state index is 0.00328. The maximum Gasteiger partial charge on any atom is 0.411 e. The van der Waals surface area contributed by atoms with Gasteiger partial charge >= 0.3 is 6.09 Å². The Morgan fingerprint density at radius 1 is 1.10 bits per heavy atom. The second-order valence-corrected chi connectivity index (χ2v) is 11.1. The second-order valence-electron chi connectivity index (χ2n) is 10.6. The SMILES string of the molecule is COC(=O)Nc1ccc2c(c1)NC(=O)[C@H](C)CCC[C@H](NC(=O)C1CCN(c3cccc(Cl)c3)C1)c1cc-2ccn1. The first-order valence-electron chi connectivity index (χ1n) is 13.9. The molecular formula is C31H34ClN5O4. The molecule has 3 aromatic rings. The average Bonchev–Trinajstić information content (AvgIpc) is 3.47. The van der Waals surface area contributed by atoms with Gasteiger partial charge in [-0.15, -0.1) is 0 Å². The van der Waals surface area contributed by atoms with Gasteiger partial charge in [0, 0.05) is 47.2 Å². The van der Waals surface area contributed by atoms with Gasteiger partial charge in [0.25, 0.3) is 0 Å². The largest absolute Gasteiger partial charge is 0.453 e. The van der Waals surface area contributed by atoms with Crippen molar-refractivity contribution in [2.24, 2.45) is 11.8 Å². The van der Waals surface area contributed by atoms with Crippen molar-refractivity contribution >= 4 is 46.6 Å². The van der Waals surface area contributed by atoms with Crippen LogP contribution in [0.25, 0.3) is 11.1 Å². The Morgan fingerprint density at radius 3 is 2.76 bits per heavy atom. The van der Waals surface area contributed by atoms with Gasteiger partial charge in [-0.3, -0.25) is 19.9 Å². The number of benzene rings is 2. The number of amides is 3. The number of anilines is 3. The molecule has 2 aromatic carbocycles. The van der Waals surface area contributed by atoms with Crippen molar-refractivity contribution in [3.63, 3.8) is 0 Å². The van der Waals surface area contributed by atoms with E-state index in [4.69, 9.17) is 16.3 Å². The van der Waals surface area contributed by atoms with E-state index in [-0.39, 0.29) is 29.7 Å². The number of nitrogens with zero attached hydrogens (tertiary/aromatic N) is 2. The van der Waals surface area contributed by atoms with E-state index in [0.29, 0.717) is 35.8 Å². The summed E-state index contributed by atoms with van der Waals surface area (Å²) < 4.78 is 4.71. The number of halogens is 1. The molecule has 3 amide bonds. The zero-order valence-electron chi connectivity index (χ0n) is 23.2. The third-order valence-electron chi connectivity index (χ3n) is 7.78. The van der Waals surface area contributed by atoms with Crippen LogP contribution >= 0.6 is 11.6 Å². The van der Waals surface area contributed by atoms with Crippen LogP contribution < -0.4 is 20.9 Å². The van der Waals surface area contributed by atoms with Gasteiger partial charge < -0.3 is 20.3 Å². The maximum absolute atomic E-state index is 13.5. The van der Waals surface area contributed by atoms with Crippen LogP contribution in [0.5, 0.6) is 0 Å². The predicted octanol–water partition coefficient (Wildman–Crippen LogP) is 6.02. The number of nitrogens with one attached hydrogen (secondary N) is 3. The van der Waals surface area contributed by atoms with Gasteiger partial charge in [-0.1, -0.05) is 37.1 Å². The van der Waals surface area contributed by atoms with E-state index in [2.05, 4.69) is 25.8 Å². The highest BCUT2D eigenvalue weighted by Crippen LogP contribution is 2.34. The molecule has 1 aromatic heterocycles. The van der Waals surface area contributed by atoms with Crippen molar-refractivity contribution in [2.75, 3.05) is 35.7 Å². The van der Waals surface area contributed by atoms with Crippen LogP contribution in [0.4, 0.5) is 21.9 Å². The number of ether oxygens (including phenoxy) is 1. The number of aromatic nitrogens is 1. The normalized spacial score (nSPS) is 20.6. The first kappa shape index (κ1) is 28.4. The molecule has 9 nitrogen and oxygen atoms in total. The number of carbonyl (C=O) groups is 3. The molecule has 3 heterocycles. The topological polar surface area (TPSA) is 113 Å². The Hall–Kier alpha value is -4.11. The van der Waals surface area contributed by atoms with Crippen LogP contribution in [0.2, 0.25) is 5.02 Å². The molecule has 2 aliphatic heterocycles. The van der Waals surface area contributed by atoms with Crippen molar-refractivity contribution in [2.45, 2.75) is 38.6 Å². The number of hydrogen-bond acceptors (Lipinski definition) is 6. The van der Waals surface area contributed by atoms with E-state index >= 15 is 0 Å². The monoisotopic (exact) mass is 575 g/mol. The molecule has 3 N–H and O–H groups in total. The smallest absolute Gasteiger partial charge is 0.411 e. The quantitative estimate of drug-likeness (QED) is 0.350. The third-order valence-corrected chi connectivity index (χ3v) is 8.02. The van der Waals surface area contributed by atoms with Crippen molar-refractivity contribution in [1.82, 2.24) is 10.3 Å². The molecular weight excluding hydrogens is 542 g/mol. The fraction of sp³-hybridized carbons (Fsp3) is 0.355. The number of carbonyl (C=O) groups excluding carboxylic acids is 3. The number of rotatable bonds is 4. The molecule has 1 unspecified atom stereocenters. The Kier molecular flexibility index (Phi) is 8.73. The zero-order chi connectivity index (χ0) is 28.9. The second kappa shape index (κ2) is 12.6. The fourth-order valence-electron chi connectivity index (χ4n) is 5.43. The maximum atomic E-state index is 13.5. The molecule has 1 saturated heterocycles. The van der Waals surface area contributed by atoms with Crippen LogP contribution in [-0.2, 0) is 14.3 Å². The number of pyridine rings is 1. The summed E-state index contributed by atoms with van der Waals surface area (Å²) in [6.45, 7) is 3.30. The molecule has 0 aliphatic carbocycles. The fourth-order valence-corrected chi connectivity index (χ4v) is 5.62. The number of hydrogen-bond donors (Lipinski definition) is 3. The molecule has 1 fully saturated rings. The molecule has 0 saturated carbocycles. The van der Waals surface area contributed by atoms with Gasteiger partial charge in [0.2, 0.25) is 11.8 Å². The Balaban J connectivity index is 1.40. The Bertz CT molecular complexity index is 1450. The summed E-state index contributed by atoms with van der Waals surface area (Å²) in [5.41, 5.74) is 4.48. The van der Waals surface area contributed by atoms with Gasteiger partial charge in [-0.25, -0.2) is 4.79 Å². The summed E-state index contributed by atoms with van der Waals surface area (Å²) >= 11 is 6.18. The van der Waals surface area contributed by atoms with E-state index in [9.17, 15) is 14.4 Å². The van der Waals surface area contributed by atoms with Crippen LogP contribution in [-0.4, -0.2) is 43.1 Å². The lowest BCUT2D eigenvalue weighted by molar-refractivity contribution is -0.125. The number of methoxy groups -OCH3 is 1. The molecule has 10 heteroatoms. The Morgan fingerprint density at radius 2 is 1.95 bits per heavy atom. The molecule has 41 heavy (non-hydrogen) atoms. The van der Waals surface area contributed by atoms with Crippen molar-refractivity contribution in [3.05, 3.63) is 71.5 Å². The average molecular weight is 576 g/mol. The van der Waals surface area contributed by atoms with Gasteiger partial charge in [0.15, 0.2) is 0 Å². The standard InChI is InChI=1S/C31H34ClN5O4/c1-19-5-3-8-26(35-30(39)21-12-14-37(18-21)24-7-4-6-22(32)16-24)28-15-20(11-13-33-28)25-10-9-23(34-31(40)41-2)17-27(25)36-29(19)38/h4,6-7,9-11,13,15-17,19,21,26H,3,5,8,12,14,18H2,1-2H3,(H,34,40)(H,35,39)(H,36,38)/t19-,21?,26+/m1/s1. The van der Waals surface area contributed by atoms with E-state index < -0.39 is 6.09 Å². The van der Waals surface area contributed by atoms with Crippen LogP contribution in [0.15, 0.2) is 60.8 Å². The predicted molar refractivity (Wildman–Crippen MR) is 160 cm³/mol. The van der Waals surface area contributed by atoms with Crippen LogP contribution in [0, 0.1) is 11.8 Å².